The number of hydrogen-bond acceptors (Lipinski definition) is 15. The molecule has 8 N–H and O–H groups in total. The van der Waals surface area contributed by atoms with E-state index in [1.807, 2.05) is 0 Å². The lowest BCUT2D eigenvalue weighted by atomic mass is 9.99. The first-order chi connectivity index (χ1) is 21.5. The number of aliphatic hydroxyl groups excluding tert-OH is 6. The van der Waals surface area contributed by atoms with E-state index in [0.717, 1.165) is 0 Å². The van der Waals surface area contributed by atoms with Crippen LogP contribution in [0.5, 0.6) is 28.7 Å². The highest BCUT2D eigenvalue weighted by molar-refractivity contribution is 5.63. The van der Waals surface area contributed by atoms with E-state index in [9.17, 15) is 35.7 Å². The third-order valence-corrected chi connectivity index (χ3v) is 7.90. The van der Waals surface area contributed by atoms with Gasteiger partial charge >= 0.3 is 0 Å². The number of methoxy groups -OCH3 is 1. The van der Waals surface area contributed by atoms with E-state index in [1.54, 1.807) is 31.2 Å². The smallest absolute Gasteiger partial charge is 0.229 e. The lowest BCUT2D eigenvalue weighted by Gasteiger charge is -2.40. The van der Waals surface area contributed by atoms with Crippen LogP contribution in [0.4, 0.5) is 0 Å². The topological polar surface area (TPSA) is 226 Å². The van der Waals surface area contributed by atoms with Crippen molar-refractivity contribution in [3.8, 4) is 28.7 Å². The molecule has 3 aliphatic heterocycles. The molecule has 2 aromatic carbocycles. The predicted molar refractivity (Wildman–Crippen MR) is 152 cm³/mol. The Hall–Kier alpha value is -3.22. The van der Waals surface area contributed by atoms with Crippen molar-refractivity contribution in [2.45, 2.75) is 67.8 Å². The molecule has 0 bridgehead atoms. The van der Waals surface area contributed by atoms with Gasteiger partial charge in [-0.25, -0.2) is 0 Å². The second kappa shape index (κ2) is 13.6. The Balaban J connectivity index is 1.28. The van der Waals surface area contributed by atoms with Gasteiger partial charge < -0.3 is 74.0 Å². The summed E-state index contributed by atoms with van der Waals surface area (Å²) in [6.45, 7) is 0.00652. The molecule has 2 fully saturated rings. The normalized spacial score (nSPS) is 34.6. The summed E-state index contributed by atoms with van der Waals surface area (Å²) in [7, 11) is 1.49. The van der Waals surface area contributed by atoms with Crippen LogP contribution in [0.2, 0.25) is 0 Å². The van der Waals surface area contributed by atoms with Gasteiger partial charge in [0.05, 0.1) is 33.5 Å². The Kier molecular flexibility index (Phi) is 10.0. The molecule has 0 radical (unpaired) electrons. The van der Waals surface area contributed by atoms with Gasteiger partial charge in [-0.15, -0.1) is 0 Å². The van der Waals surface area contributed by atoms with Crippen molar-refractivity contribution < 1.29 is 74.0 Å². The molecule has 0 unspecified atom stereocenters. The number of hydrogen-bond donors (Lipinski definition) is 8. The van der Waals surface area contributed by atoms with E-state index in [0.29, 0.717) is 28.4 Å². The number of ether oxygens (including phenoxy) is 7. The molecule has 0 spiro atoms. The molecule has 3 heterocycles. The molecule has 45 heavy (non-hydrogen) atoms. The summed E-state index contributed by atoms with van der Waals surface area (Å²) in [5.41, 5.74) is -0.860. The van der Waals surface area contributed by atoms with Crippen molar-refractivity contribution in [2.24, 2.45) is 0 Å². The van der Waals surface area contributed by atoms with E-state index in [2.05, 4.69) is 0 Å². The van der Waals surface area contributed by atoms with Crippen molar-refractivity contribution in [1.29, 1.82) is 0 Å². The van der Waals surface area contributed by atoms with Crippen molar-refractivity contribution in [3.05, 3.63) is 47.5 Å². The van der Waals surface area contributed by atoms with Crippen LogP contribution in [0.15, 0.2) is 36.4 Å². The highest BCUT2D eigenvalue weighted by Crippen LogP contribution is 2.47. The molecule has 15 heteroatoms. The third-order valence-electron chi connectivity index (χ3n) is 7.90. The van der Waals surface area contributed by atoms with Crippen molar-refractivity contribution in [2.75, 3.05) is 33.5 Å². The summed E-state index contributed by atoms with van der Waals surface area (Å²) in [6.07, 6.45) is -8.78. The minimum absolute atomic E-state index is 0.0500. The van der Waals surface area contributed by atoms with Crippen LogP contribution in [0.3, 0.4) is 0 Å². The molecular formula is C30H38O15. The average Bonchev–Trinajstić information content (AvgIpc) is 3.32. The Morgan fingerprint density at radius 2 is 1.78 bits per heavy atom. The van der Waals surface area contributed by atoms with E-state index >= 15 is 0 Å². The summed E-state index contributed by atoms with van der Waals surface area (Å²) < 4.78 is 39.7. The summed E-state index contributed by atoms with van der Waals surface area (Å²) in [4.78, 5) is 0. The quantitative estimate of drug-likeness (QED) is 0.155. The maximum absolute atomic E-state index is 10.9. The maximum Gasteiger partial charge on any atom is 0.229 e. The number of aromatic hydroxyl groups is 1. The lowest BCUT2D eigenvalue weighted by Crippen LogP contribution is -2.60. The van der Waals surface area contributed by atoms with E-state index in [4.69, 9.17) is 38.3 Å². The van der Waals surface area contributed by atoms with Crippen LogP contribution in [-0.2, 0) is 14.2 Å². The molecule has 0 saturated carbocycles. The minimum atomic E-state index is -1.92. The van der Waals surface area contributed by atoms with Crippen LogP contribution in [0.25, 0.3) is 6.08 Å². The fraction of sp³-hybridized carbons (Fsp3) is 0.533. The van der Waals surface area contributed by atoms with Gasteiger partial charge in [-0.3, -0.25) is 0 Å². The van der Waals surface area contributed by atoms with Gasteiger partial charge in [-0.05, 0) is 36.8 Å². The Labute approximate surface area is 257 Å². The van der Waals surface area contributed by atoms with Crippen molar-refractivity contribution in [3.63, 3.8) is 0 Å². The van der Waals surface area contributed by atoms with Crippen LogP contribution in [0, 0.1) is 0 Å². The number of benzene rings is 2. The van der Waals surface area contributed by atoms with E-state index in [-0.39, 0.29) is 18.1 Å². The summed E-state index contributed by atoms with van der Waals surface area (Å²) in [5, 5.41) is 81.1. The first-order valence-electron chi connectivity index (χ1n) is 14.3. The number of aliphatic hydroxyl groups is 7. The zero-order valence-electron chi connectivity index (χ0n) is 24.5. The second-order valence-electron chi connectivity index (χ2n) is 11.1. The molecule has 3 aliphatic rings. The summed E-state index contributed by atoms with van der Waals surface area (Å²) >= 11 is 0. The zero-order chi connectivity index (χ0) is 32.5. The molecular weight excluding hydrogens is 600 g/mol. The Morgan fingerprint density at radius 3 is 2.44 bits per heavy atom. The van der Waals surface area contributed by atoms with Crippen LogP contribution >= 0.6 is 0 Å². The zero-order valence-corrected chi connectivity index (χ0v) is 24.5. The first kappa shape index (κ1) is 33.2. The average molecular weight is 639 g/mol. The van der Waals surface area contributed by atoms with Gasteiger partial charge in [0.2, 0.25) is 12.0 Å². The highest BCUT2D eigenvalue weighted by Gasteiger charge is 2.50. The fourth-order valence-corrected chi connectivity index (χ4v) is 5.28. The number of phenols is 1. The van der Waals surface area contributed by atoms with Gasteiger partial charge in [0.15, 0.2) is 23.9 Å². The molecule has 0 aromatic heterocycles. The van der Waals surface area contributed by atoms with Crippen molar-refractivity contribution in [1.82, 2.24) is 0 Å². The largest absolute Gasteiger partial charge is 0.507 e. The predicted octanol–water partition coefficient (Wildman–Crippen LogP) is -1.05. The van der Waals surface area contributed by atoms with Crippen LogP contribution in [0.1, 0.15) is 24.2 Å². The SMILES string of the molecule is COc1cc(C=CCO)cc2c1O[C@@H](C)[C@H](c1ccc(O[C@@H]3O[C@H](CO[C@@H]4OC[C@](O)(CO)[C@H]4O)[C@@H](O)[C@H](O)[C@H]3O)cc1O)O2. The molecule has 5 rings (SSSR count). The number of rotatable bonds is 10. The standard InChI is InChI=1S/C30H38O15/c1-14-25(44-20-9-15(4-3-7-31)8-19(39-2)26(20)42-14)17-6-5-16(10-18(17)33)43-28-24(36)23(35)22(34)21(45-28)11-40-29-27(37)30(38,12-32)13-41-29/h3-6,8-10,14,21-25,27-29,31-38H,7,11-13H2,1-2H3/t14-,21+,22+,23-,24+,25+,27-,28+,29+,30+/m0/s1. The van der Waals surface area contributed by atoms with Crippen LogP contribution in [-0.4, -0.2) is 129 Å². The first-order valence-corrected chi connectivity index (χ1v) is 14.3. The van der Waals surface area contributed by atoms with Gasteiger partial charge in [-0.1, -0.05) is 12.2 Å². The monoisotopic (exact) mass is 638 g/mol. The molecule has 15 nitrogen and oxygen atoms in total. The molecule has 0 amide bonds. The molecule has 248 valence electrons. The van der Waals surface area contributed by atoms with Crippen molar-refractivity contribution >= 4 is 6.08 Å². The van der Waals surface area contributed by atoms with Gasteiger partial charge in [-0.2, -0.15) is 0 Å². The van der Waals surface area contributed by atoms with Crippen LogP contribution < -0.4 is 18.9 Å². The fourth-order valence-electron chi connectivity index (χ4n) is 5.28. The summed E-state index contributed by atoms with van der Waals surface area (Å²) in [5.74, 6) is 1.01. The molecule has 10 atom stereocenters. The van der Waals surface area contributed by atoms with Gasteiger partial charge in [0, 0.05) is 11.6 Å². The van der Waals surface area contributed by atoms with E-state index in [1.165, 1.54) is 25.3 Å². The molecule has 0 aliphatic carbocycles. The van der Waals surface area contributed by atoms with Gasteiger partial charge in [0.1, 0.15) is 53.7 Å². The second-order valence-corrected chi connectivity index (χ2v) is 11.1. The Morgan fingerprint density at radius 1 is 1.00 bits per heavy atom. The lowest BCUT2D eigenvalue weighted by molar-refractivity contribution is -0.289. The Bertz CT molecular complexity index is 1350. The highest BCUT2D eigenvalue weighted by atomic mass is 16.7. The number of phenolic OH excluding ortho intramolecular Hbond substituents is 1. The minimum Gasteiger partial charge on any atom is -0.507 e. The number of fused-ring (bicyclic) bond motifs is 1. The van der Waals surface area contributed by atoms with E-state index < -0.39 is 80.7 Å². The molecule has 2 aromatic rings. The third kappa shape index (κ3) is 6.69. The van der Waals surface area contributed by atoms with Gasteiger partial charge in [0.25, 0.3) is 0 Å². The summed E-state index contributed by atoms with van der Waals surface area (Å²) in [6, 6.07) is 7.74. The molecule has 2 saturated heterocycles. The maximum atomic E-state index is 10.9.